The van der Waals surface area contributed by atoms with Crippen LogP contribution in [0.5, 0.6) is 0 Å². The van der Waals surface area contributed by atoms with Crippen LogP contribution < -0.4 is 5.73 Å². The van der Waals surface area contributed by atoms with E-state index < -0.39 is 6.10 Å². The van der Waals surface area contributed by atoms with Crippen molar-refractivity contribution in [2.45, 2.75) is 32.4 Å². The van der Waals surface area contributed by atoms with E-state index in [1.165, 1.54) is 5.56 Å². The summed E-state index contributed by atoms with van der Waals surface area (Å²) in [4.78, 5) is 0. The molecule has 3 N–H and O–H groups in total. The van der Waals surface area contributed by atoms with E-state index >= 15 is 0 Å². The molecule has 2 nitrogen and oxygen atoms in total. The van der Waals surface area contributed by atoms with Gasteiger partial charge in [-0.25, -0.2) is 0 Å². The first-order valence-corrected chi connectivity index (χ1v) is 4.65. The molecule has 1 aromatic carbocycles. The largest absolute Gasteiger partial charge is 0.391 e. The van der Waals surface area contributed by atoms with Crippen LogP contribution in [-0.4, -0.2) is 11.2 Å². The summed E-state index contributed by atoms with van der Waals surface area (Å²) in [6, 6.07) is 7.70. The molecule has 72 valence electrons. The van der Waals surface area contributed by atoms with Crippen LogP contribution in [0.25, 0.3) is 0 Å². The number of nitrogens with two attached hydrogens (primary N) is 1. The van der Waals surface area contributed by atoms with Gasteiger partial charge in [-0.1, -0.05) is 36.8 Å². The van der Waals surface area contributed by atoms with E-state index in [2.05, 4.69) is 0 Å². The summed E-state index contributed by atoms with van der Waals surface area (Å²) in [5.74, 6) is 0. The zero-order valence-corrected chi connectivity index (χ0v) is 8.20. The fourth-order valence-corrected chi connectivity index (χ4v) is 1.35. The first kappa shape index (κ1) is 10.2. The third kappa shape index (κ3) is 2.54. The Hall–Kier alpha value is -0.860. The summed E-state index contributed by atoms with van der Waals surface area (Å²) in [5.41, 5.74) is 8.05. The first-order valence-electron chi connectivity index (χ1n) is 4.65. The van der Waals surface area contributed by atoms with Crippen LogP contribution in [0.4, 0.5) is 0 Å². The molecule has 0 aliphatic carbocycles. The zero-order chi connectivity index (χ0) is 9.84. The van der Waals surface area contributed by atoms with Gasteiger partial charge in [-0.2, -0.15) is 0 Å². The van der Waals surface area contributed by atoms with Crippen molar-refractivity contribution in [3.8, 4) is 0 Å². The molecular formula is C11H17NO. The standard InChI is InChI=1S/C11H17NO/c1-3-10(13)11(12)9-6-4-5-8(2)7-9/h4-7,10-11,13H,3,12H2,1-2H3/t10-,11+/m0/s1. The van der Waals surface area contributed by atoms with Crippen molar-refractivity contribution in [2.75, 3.05) is 0 Å². The minimum Gasteiger partial charge on any atom is -0.391 e. The lowest BCUT2D eigenvalue weighted by Gasteiger charge is -2.17. The fraction of sp³-hybridized carbons (Fsp3) is 0.455. The van der Waals surface area contributed by atoms with Crippen LogP contribution in [-0.2, 0) is 0 Å². The Kier molecular flexibility index (Phi) is 3.46. The number of rotatable bonds is 3. The van der Waals surface area contributed by atoms with Crippen LogP contribution in [0.15, 0.2) is 24.3 Å². The van der Waals surface area contributed by atoms with E-state index in [0.717, 1.165) is 5.56 Å². The Labute approximate surface area is 79.4 Å². The lowest BCUT2D eigenvalue weighted by molar-refractivity contribution is 0.140. The molecule has 2 heteroatoms. The summed E-state index contributed by atoms with van der Waals surface area (Å²) in [6.45, 7) is 3.95. The second-order valence-corrected chi connectivity index (χ2v) is 3.42. The minimum atomic E-state index is -0.443. The molecule has 0 aliphatic heterocycles. The van der Waals surface area contributed by atoms with Gasteiger partial charge in [0.2, 0.25) is 0 Å². The van der Waals surface area contributed by atoms with Gasteiger partial charge in [0, 0.05) is 0 Å². The third-order valence-electron chi connectivity index (χ3n) is 2.26. The molecule has 0 saturated heterocycles. The van der Waals surface area contributed by atoms with Gasteiger partial charge in [0.1, 0.15) is 0 Å². The molecule has 0 fully saturated rings. The molecule has 0 unspecified atom stereocenters. The van der Waals surface area contributed by atoms with Gasteiger partial charge in [-0.15, -0.1) is 0 Å². The van der Waals surface area contributed by atoms with Crippen molar-refractivity contribution in [3.63, 3.8) is 0 Å². The monoisotopic (exact) mass is 179 g/mol. The Morgan fingerprint density at radius 1 is 1.46 bits per heavy atom. The normalized spacial score (nSPS) is 15.4. The average molecular weight is 179 g/mol. The number of aliphatic hydroxyl groups excluding tert-OH is 1. The highest BCUT2D eigenvalue weighted by atomic mass is 16.3. The molecule has 0 bridgehead atoms. The summed E-state index contributed by atoms with van der Waals surface area (Å²) in [5, 5.41) is 9.55. The van der Waals surface area contributed by atoms with Crippen molar-refractivity contribution in [1.82, 2.24) is 0 Å². The zero-order valence-electron chi connectivity index (χ0n) is 8.20. The molecule has 0 aliphatic rings. The average Bonchev–Trinajstić information content (AvgIpc) is 2.15. The summed E-state index contributed by atoms with van der Waals surface area (Å²) >= 11 is 0. The van der Waals surface area contributed by atoms with Crippen molar-refractivity contribution in [2.24, 2.45) is 5.73 Å². The highest BCUT2D eigenvalue weighted by Crippen LogP contribution is 2.17. The van der Waals surface area contributed by atoms with Gasteiger partial charge in [0.25, 0.3) is 0 Å². The Bertz CT molecular complexity index is 273. The number of hydrogen-bond donors (Lipinski definition) is 2. The molecule has 2 atom stereocenters. The maximum absolute atomic E-state index is 9.55. The highest BCUT2D eigenvalue weighted by Gasteiger charge is 2.14. The second kappa shape index (κ2) is 4.40. The SMILES string of the molecule is CC[C@H](O)[C@H](N)c1cccc(C)c1. The van der Waals surface area contributed by atoms with Gasteiger partial charge in [0.15, 0.2) is 0 Å². The third-order valence-corrected chi connectivity index (χ3v) is 2.26. The number of aliphatic hydroxyl groups is 1. The van der Waals surface area contributed by atoms with Crippen LogP contribution in [0.2, 0.25) is 0 Å². The Balaban J connectivity index is 2.82. The van der Waals surface area contributed by atoms with E-state index in [1.807, 2.05) is 38.1 Å². The van der Waals surface area contributed by atoms with Crippen LogP contribution in [0.1, 0.15) is 30.5 Å². The van der Waals surface area contributed by atoms with Crippen LogP contribution in [0.3, 0.4) is 0 Å². The highest BCUT2D eigenvalue weighted by molar-refractivity contribution is 5.25. The maximum atomic E-state index is 9.55. The van der Waals surface area contributed by atoms with E-state index in [1.54, 1.807) is 0 Å². The van der Waals surface area contributed by atoms with Crippen molar-refractivity contribution < 1.29 is 5.11 Å². The number of aryl methyl sites for hydroxylation is 1. The topological polar surface area (TPSA) is 46.2 Å². The van der Waals surface area contributed by atoms with Gasteiger partial charge in [0.05, 0.1) is 12.1 Å². The molecule has 0 heterocycles. The molecule has 0 saturated carbocycles. The van der Waals surface area contributed by atoms with Gasteiger partial charge >= 0.3 is 0 Å². The van der Waals surface area contributed by atoms with Crippen molar-refractivity contribution in [1.29, 1.82) is 0 Å². The Morgan fingerprint density at radius 2 is 2.15 bits per heavy atom. The first-order chi connectivity index (χ1) is 6.15. The van der Waals surface area contributed by atoms with Crippen LogP contribution >= 0.6 is 0 Å². The lowest BCUT2D eigenvalue weighted by atomic mass is 9.99. The maximum Gasteiger partial charge on any atom is 0.0730 e. The van der Waals surface area contributed by atoms with Gasteiger partial charge in [-0.05, 0) is 18.9 Å². The predicted molar refractivity (Wildman–Crippen MR) is 54.4 cm³/mol. The Morgan fingerprint density at radius 3 is 2.69 bits per heavy atom. The van der Waals surface area contributed by atoms with Gasteiger partial charge in [-0.3, -0.25) is 0 Å². The number of hydrogen-bond acceptors (Lipinski definition) is 2. The molecular weight excluding hydrogens is 162 g/mol. The van der Waals surface area contributed by atoms with E-state index in [4.69, 9.17) is 5.73 Å². The molecule has 0 aromatic heterocycles. The quantitative estimate of drug-likeness (QED) is 0.742. The summed E-state index contributed by atoms with van der Waals surface area (Å²) in [6.07, 6.45) is 0.247. The predicted octanol–water partition coefficient (Wildman–Crippen LogP) is 1.77. The van der Waals surface area contributed by atoms with E-state index in [9.17, 15) is 5.11 Å². The summed E-state index contributed by atoms with van der Waals surface area (Å²) in [7, 11) is 0. The van der Waals surface area contributed by atoms with Crippen molar-refractivity contribution in [3.05, 3.63) is 35.4 Å². The van der Waals surface area contributed by atoms with Crippen LogP contribution in [0, 0.1) is 6.92 Å². The fourth-order valence-electron chi connectivity index (χ4n) is 1.35. The number of benzene rings is 1. The summed E-state index contributed by atoms with van der Waals surface area (Å²) < 4.78 is 0. The van der Waals surface area contributed by atoms with E-state index in [-0.39, 0.29) is 6.04 Å². The lowest BCUT2D eigenvalue weighted by Crippen LogP contribution is -2.25. The molecule has 0 amide bonds. The molecule has 1 rings (SSSR count). The molecule has 0 spiro atoms. The second-order valence-electron chi connectivity index (χ2n) is 3.42. The molecule has 1 aromatic rings. The van der Waals surface area contributed by atoms with Crippen molar-refractivity contribution >= 4 is 0 Å². The van der Waals surface area contributed by atoms with E-state index in [0.29, 0.717) is 6.42 Å². The van der Waals surface area contributed by atoms with Gasteiger partial charge < -0.3 is 10.8 Å². The molecule has 13 heavy (non-hydrogen) atoms. The molecule has 0 radical (unpaired) electrons. The minimum absolute atomic E-state index is 0.259. The smallest absolute Gasteiger partial charge is 0.0730 e.